The molecule has 1 aromatic carbocycles. The maximum atomic E-state index is 12.1. The summed E-state index contributed by atoms with van der Waals surface area (Å²) in [6.07, 6.45) is 2.09. The van der Waals surface area contributed by atoms with Crippen LogP contribution in [0.4, 0.5) is 10.5 Å². The van der Waals surface area contributed by atoms with E-state index in [1.54, 1.807) is 4.90 Å². The number of anilines is 1. The number of nitrogens with zero attached hydrogens (tertiary/aromatic N) is 2. The average molecular weight is 277 g/mol. The van der Waals surface area contributed by atoms with Crippen LogP contribution in [0.2, 0.25) is 0 Å². The fraction of sp³-hybridized carbons (Fsp3) is 0.533. The highest BCUT2D eigenvalue weighted by atomic mass is 16.3. The molecule has 0 atom stereocenters. The van der Waals surface area contributed by atoms with E-state index in [0.717, 1.165) is 24.1 Å². The van der Waals surface area contributed by atoms with Crippen LogP contribution in [0, 0.1) is 0 Å². The van der Waals surface area contributed by atoms with Crippen LogP contribution >= 0.6 is 0 Å². The van der Waals surface area contributed by atoms with Crippen molar-refractivity contribution in [1.29, 1.82) is 0 Å². The van der Waals surface area contributed by atoms with Gasteiger partial charge in [-0.2, -0.15) is 0 Å². The van der Waals surface area contributed by atoms with Crippen LogP contribution in [0.5, 0.6) is 0 Å². The van der Waals surface area contributed by atoms with E-state index in [4.69, 9.17) is 5.11 Å². The van der Waals surface area contributed by atoms with Crippen molar-refractivity contribution in [1.82, 2.24) is 10.2 Å². The molecule has 0 saturated heterocycles. The van der Waals surface area contributed by atoms with Gasteiger partial charge in [0, 0.05) is 38.9 Å². The highest BCUT2D eigenvalue weighted by Gasteiger charge is 2.31. The summed E-state index contributed by atoms with van der Waals surface area (Å²) in [5, 5.41) is 11.9. The summed E-state index contributed by atoms with van der Waals surface area (Å²) in [7, 11) is 4.00. The lowest BCUT2D eigenvalue weighted by atomic mass is 10.2. The summed E-state index contributed by atoms with van der Waals surface area (Å²) in [6.45, 7) is 0.943. The zero-order valence-electron chi connectivity index (χ0n) is 12.2. The number of urea groups is 1. The van der Waals surface area contributed by atoms with Gasteiger partial charge in [0.25, 0.3) is 0 Å². The lowest BCUT2D eigenvalue weighted by Crippen LogP contribution is -2.42. The smallest absolute Gasteiger partial charge is 0.317 e. The summed E-state index contributed by atoms with van der Waals surface area (Å²) in [5.74, 6) is 0. The van der Waals surface area contributed by atoms with E-state index < -0.39 is 0 Å². The SMILES string of the molecule is CN(C)c1ccc(CNC(=O)N(CCO)C2CC2)cc1. The third kappa shape index (κ3) is 3.87. The molecule has 0 heterocycles. The third-order valence-electron chi connectivity index (χ3n) is 3.49. The van der Waals surface area contributed by atoms with Crippen LogP contribution < -0.4 is 10.2 Å². The predicted octanol–water partition coefficient (Wildman–Crippen LogP) is 1.42. The zero-order chi connectivity index (χ0) is 14.5. The van der Waals surface area contributed by atoms with Gasteiger partial charge in [-0.15, -0.1) is 0 Å². The van der Waals surface area contributed by atoms with E-state index in [1.165, 1.54) is 0 Å². The molecule has 0 aliphatic heterocycles. The average Bonchev–Trinajstić information content (AvgIpc) is 3.27. The molecule has 1 aromatic rings. The number of carbonyl (C=O) groups excluding carboxylic acids is 1. The number of aliphatic hydroxyl groups is 1. The molecule has 1 aliphatic rings. The van der Waals surface area contributed by atoms with Crippen molar-refractivity contribution < 1.29 is 9.90 Å². The predicted molar refractivity (Wildman–Crippen MR) is 79.8 cm³/mol. The van der Waals surface area contributed by atoms with Crippen LogP contribution in [-0.4, -0.2) is 49.3 Å². The molecule has 2 N–H and O–H groups in total. The van der Waals surface area contributed by atoms with Gasteiger partial charge in [-0.05, 0) is 30.5 Å². The number of aliphatic hydroxyl groups excluding tert-OH is 1. The minimum absolute atomic E-state index is 0.0153. The van der Waals surface area contributed by atoms with E-state index in [1.807, 2.05) is 43.3 Å². The van der Waals surface area contributed by atoms with Gasteiger partial charge in [0.2, 0.25) is 0 Å². The van der Waals surface area contributed by atoms with E-state index >= 15 is 0 Å². The fourth-order valence-electron chi connectivity index (χ4n) is 2.14. The number of benzene rings is 1. The number of hydrogen-bond acceptors (Lipinski definition) is 3. The van der Waals surface area contributed by atoms with Crippen molar-refractivity contribution >= 4 is 11.7 Å². The molecule has 0 bridgehead atoms. The Kier molecular flexibility index (Phi) is 4.84. The first kappa shape index (κ1) is 14.7. The highest BCUT2D eigenvalue weighted by Crippen LogP contribution is 2.26. The first-order valence-electron chi connectivity index (χ1n) is 7.03. The lowest BCUT2D eigenvalue weighted by molar-refractivity contribution is 0.173. The quantitative estimate of drug-likeness (QED) is 0.827. The molecule has 0 unspecified atom stereocenters. The van der Waals surface area contributed by atoms with E-state index in [2.05, 4.69) is 5.32 Å². The van der Waals surface area contributed by atoms with Crippen LogP contribution in [0.1, 0.15) is 18.4 Å². The normalized spacial score (nSPS) is 13.9. The Morgan fingerprint density at radius 1 is 1.30 bits per heavy atom. The monoisotopic (exact) mass is 277 g/mol. The lowest BCUT2D eigenvalue weighted by Gasteiger charge is -2.22. The standard InChI is InChI=1S/C15H23N3O2/c1-17(2)13-5-3-12(4-6-13)11-16-15(20)18(9-10-19)14-7-8-14/h3-6,14,19H,7-11H2,1-2H3,(H,16,20). The topological polar surface area (TPSA) is 55.8 Å². The molecular weight excluding hydrogens is 254 g/mol. The fourth-order valence-corrected chi connectivity index (χ4v) is 2.14. The molecular formula is C15H23N3O2. The van der Waals surface area contributed by atoms with Crippen molar-refractivity contribution in [3.63, 3.8) is 0 Å². The molecule has 2 amide bonds. The molecule has 1 saturated carbocycles. The number of rotatable bonds is 6. The number of amides is 2. The van der Waals surface area contributed by atoms with Crippen molar-refractivity contribution in [2.24, 2.45) is 0 Å². The van der Waals surface area contributed by atoms with Gasteiger partial charge in [0.05, 0.1) is 6.61 Å². The Morgan fingerprint density at radius 2 is 1.95 bits per heavy atom. The molecule has 1 fully saturated rings. The van der Waals surface area contributed by atoms with E-state index in [9.17, 15) is 4.79 Å². The molecule has 0 spiro atoms. The highest BCUT2D eigenvalue weighted by molar-refractivity contribution is 5.75. The van der Waals surface area contributed by atoms with E-state index in [-0.39, 0.29) is 12.6 Å². The maximum absolute atomic E-state index is 12.1. The van der Waals surface area contributed by atoms with Crippen molar-refractivity contribution in [3.8, 4) is 0 Å². The Labute approximate surface area is 120 Å². The summed E-state index contributed by atoms with van der Waals surface area (Å²) < 4.78 is 0. The molecule has 20 heavy (non-hydrogen) atoms. The molecule has 5 nitrogen and oxygen atoms in total. The minimum Gasteiger partial charge on any atom is -0.395 e. The first-order valence-corrected chi connectivity index (χ1v) is 7.03. The number of nitrogens with one attached hydrogen (secondary N) is 1. The third-order valence-corrected chi connectivity index (χ3v) is 3.49. The Morgan fingerprint density at radius 3 is 2.45 bits per heavy atom. The van der Waals surface area contributed by atoms with Gasteiger partial charge in [0.1, 0.15) is 0 Å². The first-order chi connectivity index (χ1) is 9.61. The molecule has 1 aliphatic carbocycles. The Hall–Kier alpha value is -1.75. The molecule has 5 heteroatoms. The molecule has 2 rings (SSSR count). The second-order valence-corrected chi connectivity index (χ2v) is 5.37. The second-order valence-electron chi connectivity index (χ2n) is 5.37. The molecule has 0 radical (unpaired) electrons. The molecule has 110 valence electrons. The Balaban J connectivity index is 1.85. The summed E-state index contributed by atoms with van der Waals surface area (Å²) in [6, 6.07) is 8.34. The summed E-state index contributed by atoms with van der Waals surface area (Å²) >= 11 is 0. The number of carbonyl (C=O) groups is 1. The van der Waals surface area contributed by atoms with Crippen molar-refractivity contribution in [3.05, 3.63) is 29.8 Å². The van der Waals surface area contributed by atoms with Gasteiger partial charge in [-0.25, -0.2) is 4.79 Å². The largest absolute Gasteiger partial charge is 0.395 e. The maximum Gasteiger partial charge on any atom is 0.317 e. The molecule has 0 aromatic heterocycles. The zero-order valence-corrected chi connectivity index (χ0v) is 12.2. The second kappa shape index (κ2) is 6.61. The minimum atomic E-state index is -0.0850. The Bertz CT molecular complexity index is 441. The van der Waals surface area contributed by atoms with Crippen molar-refractivity contribution in [2.75, 3.05) is 32.1 Å². The van der Waals surface area contributed by atoms with Crippen LogP contribution in [0.15, 0.2) is 24.3 Å². The van der Waals surface area contributed by atoms with Gasteiger partial charge in [-0.1, -0.05) is 12.1 Å². The summed E-state index contributed by atoms with van der Waals surface area (Å²) in [5.41, 5.74) is 2.21. The summed E-state index contributed by atoms with van der Waals surface area (Å²) in [4.78, 5) is 15.8. The van der Waals surface area contributed by atoms with Crippen molar-refractivity contribution in [2.45, 2.75) is 25.4 Å². The van der Waals surface area contributed by atoms with Crippen LogP contribution in [-0.2, 0) is 6.54 Å². The van der Waals surface area contributed by atoms with Gasteiger partial charge >= 0.3 is 6.03 Å². The number of hydrogen-bond donors (Lipinski definition) is 2. The van der Waals surface area contributed by atoms with E-state index in [0.29, 0.717) is 19.1 Å². The van der Waals surface area contributed by atoms with Gasteiger partial charge < -0.3 is 20.2 Å². The van der Waals surface area contributed by atoms with Crippen LogP contribution in [0.3, 0.4) is 0 Å². The van der Waals surface area contributed by atoms with Gasteiger partial charge in [0.15, 0.2) is 0 Å². The van der Waals surface area contributed by atoms with Crippen LogP contribution in [0.25, 0.3) is 0 Å². The van der Waals surface area contributed by atoms with Gasteiger partial charge in [-0.3, -0.25) is 0 Å².